The second-order valence-electron chi connectivity index (χ2n) is 8.82. The van der Waals surface area contributed by atoms with E-state index in [0.717, 1.165) is 36.6 Å². The zero-order chi connectivity index (χ0) is 22.9. The quantitative estimate of drug-likeness (QED) is 0.431. The van der Waals surface area contributed by atoms with E-state index in [2.05, 4.69) is 42.4 Å². The van der Waals surface area contributed by atoms with E-state index in [-0.39, 0.29) is 22.3 Å². The van der Waals surface area contributed by atoms with Crippen LogP contribution in [0.25, 0.3) is 11.5 Å². The number of carbonyl (C=O) groups excluding carboxylic acids is 1. The molecule has 0 fully saturated rings. The Morgan fingerprint density at radius 3 is 2.88 bits per heavy atom. The molecule has 0 saturated heterocycles. The highest BCUT2D eigenvalue weighted by Gasteiger charge is 2.32. The highest BCUT2D eigenvalue weighted by atomic mass is 35.5. The first-order valence-corrected chi connectivity index (χ1v) is 12.5. The van der Waals surface area contributed by atoms with Crippen LogP contribution in [-0.4, -0.2) is 21.9 Å². The highest BCUT2D eigenvalue weighted by molar-refractivity contribution is 7.99. The topological polar surface area (TPSA) is 91.8 Å². The number of rotatable bonds is 5. The lowest BCUT2D eigenvalue weighted by atomic mass is 9.72. The number of halogens is 1. The molecule has 3 aromatic rings. The van der Waals surface area contributed by atoms with Crippen LogP contribution >= 0.6 is 34.7 Å². The van der Waals surface area contributed by atoms with Gasteiger partial charge in [-0.2, -0.15) is 5.26 Å². The van der Waals surface area contributed by atoms with E-state index in [4.69, 9.17) is 16.0 Å². The van der Waals surface area contributed by atoms with Crippen LogP contribution in [0.2, 0.25) is 5.02 Å². The van der Waals surface area contributed by atoms with Crippen LogP contribution in [0.15, 0.2) is 33.9 Å². The lowest BCUT2D eigenvalue weighted by Crippen LogP contribution is -2.26. The monoisotopic (exact) mass is 486 g/mol. The minimum absolute atomic E-state index is 0.0994. The van der Waals surface area contributed by atoms with Crippen molar-refractivity contribution in [2.24, 2.45) is 11.3 Å². The van der Waals surface area contributed by atoms with Crippen molar-refractivity contribution >= 4 is 45.6 Å². The Morgan fingerprint density at radius 1 is 1.38 bits per heavy atom. The molecule has 6 nitrogen and oxygen atoms in total. The molecule has 1 amide bonds. The van der Waals surface area contributed by atoms with Crippen molar-refractivity contribution in [2.45, 2.75) is 45.3 Å². The fraction of sp³-hybridized carbons (Fsp3) is 0.391. The molecule has 32 heavy (non-hydrogen) atoms. The van der Waals surface area contributed by atoms with Crippen LogP contribution in [0, 0.1) is 22.7 Å². The predicted molar refractivity (Wildman–Crippen MR) is 128 cm³/mol. The van der Waals surface area contributed by atoms with Gasteiger partial charge in [0, 0.05) is 4.88 Å². The molecule has 2 heterocycles. The van der Waals surface area contributed by atoms with Gasteiger partial charge in [0.1, 0.15) is 11.1 Å². The summed E-state index contributed by atoms with van der Waals surface area (Å²) in [6.45, 7) is 6.78. The summed E-state index contributed by atoms with van der Waals surface area (Å²) < 4.78 is 5.63. The van der Waals surface area contributed by atoms with Gasteiger partial charge in [0.15, 0.2) is 0 Å². The zero-order valence-electron chi connectivity index (χ0n) is 18.1. The van der Waals surface area contributed by atoms with Gasteiger partial charge < -0.3 is 9.73 Å². The second kappa shape index (κ2) is 9.26. The molecule has 9 heteroatoms. The van der Waals surface area contributed by atoms with Crippen molar-refractivity contribution in [2.75, 3.05) is 11.1 Å². The van der Waals surface area contributed by atoms with E-state index in [1.807, 2.05) is 12.1 Å². The number of nitrogens with zero attached hydrogens (tertiary/aromatic N) is 3. The molecule has 4 rings (SSSR count). The van der Waals surface area contributed by atoms with E-state index >= 15 is 0 Å². The van der Waals surface area contributed by atoms with Crippen molar-refractivity contribution in [1.29, 1.82) is 5.26 Å². The summed E-state index contributed by atoms with van der Waals surface area (Å²) in [5, 5.41) is 22.1. The van der Waals surface area contributed by atoms with Gasteiger partial charge in [-0.1, -0.05) is 56.3 Å². The Kier molecular flexibility index (Phi) is 6.61. The number of nitrogens with one attached hydrogen (secondary N) is 1. The summed E-state index contributed by atoms with van der Waals surface area (Å²) in [6.07, 6.45) is 2.90. The number of aromatic nitrogens is 2. The lowest BCUT2D eigenvalue weighted by molar-refractivity contribution is -0.113. The van der Waals surface area contributed by atoms with Gasteiger partial charge in [0.2, 0.25) is 11.8 Å². The summed E-state index contributed by atoms with van der Waals surface area (Å²) in [6, 6.07) is 9.50. The molecule has 0 aliphatic heterocycles. The fourth-order valence-corrected chi connectivity index (χ4v) is 5.91. The largest absolute Gasteiger partial charge is 0.411 e. The third-order valence-corrected chi connectivity index (χ3v) is 8.01. The Morgan fingerprint density at radius 2 is 2.16 bits per heavy atom. The first kappa shape index (κ1) is 22.8. The molecule has 1 atom stereocenters. The summed E-state index contributed by atoms with van der Waals surface area (Å²) in [5.41, 5.74) is 2.58. The average molecular weight is 487 g/mol. The summed E-state index contributed by atoms with van der Waals surface area (Å²) in [5.74, 6) is 0.770. The number of nitriles is 1. The second-order valence-corrected chi connectivity index (χ2v) is 11.3. The number of fused-ring (bicyclic) bond motifs is 1. The van der Waals surface area contributed by atoms with E-state index in [1.54, 1.807) is 12.1 Å². The minimum atomic E-state index is -0.213. The number of benzene rings is 1. The molecule has 0 bridgehead atoms. The molecular weight excluding hydrogens is 464 g/mol. The van der Waals surface area contributed by atoms with Crippen LogP contribution in [-0.2, 0) is 17.6 Å². The molecule has 1 aromatic carbocycles. The average Bonchev–Trinajstić information content (AvgIpc) is 3.35. The maximum atomic E-state index is 12.6. The fourth-order valence-electron chi connectivity index (χ4n) is 3.83. The van der Waals surface area contributed by atoms with E-state index in [9.17, 15) is 10.1 Å². The van der Waals surface area contributed by atoms with Gasteiger partial charge in [-0.3, -0.25) is 4.79 Å². The number of thiophene rings is 1. The highest BCUT2D eigenvalue weighted by Crippen LogP contribution is 2.44. The summed E-state index contributed by atoms with van der Waals surface area (Å²) in [7, 11) is 0. The van der Waals surface area contributed by atoms with Crippen molar-refractivity contribution in [1.82, 2.24) is 10.2 Å². The number of carbonyl (C=O) groups is 1. The van der Waals surface area contributed by atoms with Crippen LogP contribution < -0.4 is 5.32 Å². The molecule has 1 N–H and O–H groups in total. The Bertz CT molecular complexity index is 1190. The molecule has 2 aromatic heterocycles. The van der Waals surface area contributed by atoms with Gasteiger partial charge in [0.05, 0.1) is 21.9 Å². The number of thioether (sulfide) groups is 1. The molecule has 0 unspecified atom stereocenters. The normalized spacial score (nSPS) is 15.8. The van der Waals surface area contributed by atoms with Crippen molar-refractivity contribution < 1.29 is 9.21 Å². The van der Waals surface area contributed by atoms with Gasteiger partial charge in [-0.05, 0) is 48.3 Å². The molecule has 1 aliphatic rings. The smallest absolute Gasteiger partial charge is 0.277 e. The van der Waals surface area contributed by atoms with E-state index in [0.29, 0.717) is 33.0 Å². The molecule has 1 aliphatic carbocycles. The Hall–Kier alpha value is -2.34. The SMILES string of the molecule is CC(C)(C)[C@@H]1CCc2c(sc(NC(=O)CSc3nnc(-c4ccccc4Cl)o3)c2C#N)C1. The van der Waals surface area contributed by atoms with Gasteiger partial charge in [-0.15, -0.1) is 21.5 Å². The molecule has 0 spiro atoms. The standard InChI is InChI=1S/C23H23ClN4O2S2/c1-23(2,3)13-8-9-14-16(11-25)21(32-18(14)10-13)26-19(29)12-31-22-28-27-20(30-22)15-6-4-5-7-17(15)24/h4-7,13H,8-10,12H2,1-3H3,(H,26,29)/t13-/m1/s1. The number of amides is 1. The molecule has 0 radical (unpaired) electrons. The van der Waals surface area contributed by atoms with E-state index < -0.39 is 0 Å². The third-order valence-electron chi connectivity index (χ3n) is 5.69. The van der Waals surface area contributed by atoms with Crippen LogP contribution in [0.4, 0.5) is 5.00 Å². The third kappa shape index (κ3) is 4.85. The zero-order valence-corrected chi connectivity index (χ0v) is 20.5. The predicted octanol–water partition coefficient (Wildman–Crippen LogP) is 6.20. The van der Waals surface area contributed by atoms with Crippen LogP contribution in [0.1, 0.15) is 43.2 Å². The summed E-state index contributed by atoms with van der Waals surface area (Å²) >= 11 is 8.84. The van der Waals surface area contributed by atoms with Gasteiger partial charge in [0.25, 0.3) is 5.22 Å². The van der Waals surface area contributed by atoms with Crippen LogP contribution in [0.5, 0.6) is 0 Å². The van der Waals surface area contributed by atoms with Crippen LogP contribution in [0.3, 0.4) is 0 Å². The van der Waals surface area contributed by atoms with Crippen molar-refractivity contribution in [3.8, 4) is 17.5 Å². The first-order chi connectivity index (χ1) is 15.3. The molecule has 166 valence electrons. The van der Waals surface area contributed by atoms with Gasteiger partial charge >= 0.3 is 0 Å². The minimum Gasteiger partial charge on any atom is -0.411 e. The molecule has 0 saturated carbocycles. The summed E-state index contributed by atoms with van der Waals surface area (Å²) in [4.78, 5) is 13.8. The Balaban J connectivity index is 1.41. The Labute approximate surface area is 200 Å². The maximum absolute atomic E-state index is 12.6. The molecular formula is C23H23ClN4O2S2. The first-order valence-electron chi connectivity index (χ1n) is 10.3. The van der Waals surface area contributed by atoms with Crippen molar-refractivity contribution in [3.05, 3.63) is 45.3 Å². The maximum Gasteiger partial charge on any atom is 0.277 e. The number of hydrogen-bond donors (Lipinski definition) is 1. The number of anilines is 1. The van der Waals surface area contributed by atoms with E-state index in [1.165, 1.54) is 16.2 Å². The lowest BCUT2D eigenvalue weighted by Gasteiger charge is -2.33. The number of hydrogen-bond acceptors (Lipinski definition) is 7. The van der Waals surface area contributed by atoms with Gasteiger partial charge in [-0.25, -0.2) is 0 Å². The van der Waals surface area contributed by atoms with Crippen molar-refractivity contribution in [3.63, 3.8) is 0 Å².